The highest BCUT2D eigenvalue weighted by molar-refractivity contribution is 5.94. The van der Waals surface area contributed by atoms with Gasteiger partial charge in [0.2, 0.25) is 0 Å². The molecule has 0 saturated heterocycles. The van der Waals surface area contributed by atoms with Crippen LogP contribution in [0.5, 0.6) is 0 Å². The Hall–Kier alpha value is -1.35. The third kappa shape index (κ3) is 4.57. The second-order valence-electron chi connectivity index (χ2n) is 6.52. The van der Waals surface area contributed by atoms with E-state index in [1.807, 2.05) is 24.3 Å². The van der Waals surface area contributed by atoms with E-state index in [0.717, 1.165) is 12.8 Å². The summed E-state index contributed by atoms with van der Waals surface area (Å²) in [5, 5.41) is 9.23. The summed E-state index contributed by atoms with van der Waals surface area (Å²) in [7, 11) is 0. The Morgan fingerprint density at radius 1 is 1.14 bits per heavy atom. The monoisotopic (exact) mass is 291 g/mol. The van der Waals surface area contributed by atoms with Gasteiger partial charge in [-0.15, -0.1) is 0 Å². The number of carbonyl (C=O) groups excluding carboxylic acids is 1. The number of aliphatic hydroxyl groups excluding tert-OH is 1. The molecule has 1 aromatic carbocycles. The van der Waals surface area contributed by atoms with E-state index in [2.05, 4.69) is 34.6 Å². The van der Waals surface area contributed by atoms with Gasteiger partial charge in [0.15, 0.2) is 0 Å². The lowest BCUT2D eigenvalue weighted by Gasteiger charge is -2.30. The van der Waals surface area contributed by atoms with Gasteiger partial charge in [-0.1, -0.05) is 46.8 Å². The molecule has 1 aromatic rings. The molecule has 0 aromatic heterocycles. The highest BCUT2D eigenvalue weighted by Gasteiger charge is 2.22. The number of benzene rings is 1. The minimum Gasteiger partial charge on any atom is -0.395 e. The van der Waals surface area contributed by atoms with Crippen LogP contribution in [0, 0.1) is 0 Å². The molecule has 0 heterocycles. The van der Waals surface area contributed by atoms with Crippen LogP contribution >= 0.6 is 0 Å². The van der Waals surface area contributed by atoms with Crippen LogP contribution < -0.4 is 0 Å². The molecule has 0 radical (unpaired) electrons. The van der Waals surface area contributed by atoms with Crippen LogP contribution in [0.2, 0.25) is 0 Å². The van der Waals surface area contributed by atoms with Crippen LogP contribution in [0.4, 0.5) is 0 Å². The molecule has 0 aliphatic rings. The molecule has 1 amide bonds. The topological polar surface area (TPSA) is 40.5 Å². The van der Waals surface area contributed by atoms with Crippen molar-refractivity contribution in [2.75, 3.05) is 13.2 Å². The number of carbonyl (C=O) groups is 1. The summed E-state index contributed by atoms with van der Waals surface area (Å²) < 4.78 is 0. The van der Waals surface area contributed by atoms with Crippen LogP contribution in [0.25, 0.3) is 0 Å². The first-order valence-corrected chi connectivity index (χ1v) is 7.87. The first-order valence-electron chi connectivity index (χ1n) is 7.87. The van der Waals surface area contributed by atoms with Crippen LogP contribution in [0.3, 0.4) is 0 Å². The fourth-order valence-corrected chi connectivity index (χ4v) is 2.57. The third-order valence-corrected chi connectivity index (χ3v) is 3.98. The molecule has 21 heavy (non-hydrogen) atoms. The van der Waals surface area contributed by atoms with Gasteiger partial charge in [-0.2, -0.15) is 0 Å². The van der Waals surface area contributed by atoms with E-state index >= 15 is 0 Å². The molecule has 0 aliphatic carbocycles. The number of hydrogen-bond donors (Lipinski definition) is 1. The molecule has 0 fully saturated rings. The van der Waals surface area contributed by atoms with Crippen LogP contribution in [0.1, 0.15) is 63.4 Å². The summed E-state index contributed by atoms with van der Waals surface area (Å²) in [4.78, 5) is 14.5. The first kappa shape index (κ1) is 17.7. The van der Waals surface area contributed by atoms with E-state index in [1.54, 1.807) is 4.90 Å². The molecule has 3 nitrogen and oxygen atoms in total. The number of nitrogens with zero attached hydrogens (tertiary/aromatic N) is 1. The second kappa shape index (κ2) is 7.60. The van der Waals surface area contributed by atoms with Crippen molar-refractivity contribution < 1.29 is 9.90 Å². The zero-order chi connectivity index (χ0) is 16.0. The van der Waals surface area contributed by atoms with Crippen molar-refractivity contribution in [2.45, 2.75) is 58.9 Å². The minimum absolute atomic E-state index is 0.00230. The van der Waals surface area contributed by atoms with Gasteiger partial charge in [-0.05, 0) is 36.0 Å². The first-order chi connectivity index (χ1) is 9.85. The van der Waals surface area contributed by atoms with E-state index < -0.39 is 0 Å². The number of hydrogen-bond acceptors (Lipinski definition) is 2. The van der Waals surface area contributed by atoms with Gasteiger partial charge in [-0.3, -0.25) is 4.79 Å². The van der Waals surface area contributed by atoms with E-state index in [9.17, 15) is 9.90 Å². The Morgan fingerprint density at radius 3 is 2.05 bits per heavy atom. The minimum atomic E-state index is 0.00230. The maximum Gasteiger partial charge on any atom is 0.254 e. The summed E-state index contributed by atoms with van der Waals surface area (Å²) in [6.45, 7) is 11.0. The average Bonchev–Trinajstić information content (AvgIpc) is 2.46. The smallest absolute Gasteiger partial charge is 0.254 e. The highest BCUT2D eigenvalue weighted by atomic mass is 16.3. The normalized spacial score (nSPS) is 11.8. The van der Waals surface area contributed by atoms with E-state index in [0.29, 0.717) is 12.1 Å². The molecule has 0 spiro atoms. The molecule has 0 atom stereocenters. The average molecular weight is 291 g/mol. The molecule has 0 unspecified atom stereocenters. The Morgan fingerprint density at radius 2 is 1.67 bits per heavy atom. The van der Waals surface area contributed by atoms with Gasteiger partial charge >= 0.3 is 0 Å². The Bertz CT molecular complexity index is 441. The third-order valence-electron chi connectivity index (χ3n) is 3.98. The fourth-order valence-electron chi connectivity index (χ4n) is 2.57. The van der Waals surface area contributed by atoms with Gasteiger partial charge in [0, 0.05) is 18.2 Å². The summed E-state index contributed by atoms with van der Waals surface area (Å²) in [6, 6.07) is 8.03. The molecule has 118 valence electrons. The van der Waals surface area contributed by atoms with Crippen molar-refractivity contribution in [1.82, 2.24) is 4.90 Å². The highest BCUT2D eigenvalue weighted by Crippen LogP contribution is 2.23. The van der Waals surface area contributed by atoms with Gasteiger partial charge < -0.3 is 10.0 Å². The molecular weight excluding hydrogens is 262 g/mol. The molecular formula is C18H29NO2. The van der Waals surface area contributed by atoms with Gasteiger partial charge in [-0.25, -0.2) is 0 Å². The number of amides is 1. The molecule has 0 saturated carbocycles. The predicted molar refractivity (Wildman–Crippen MR) is 87.6 cm³/mol. The Kier molecular flexibility index (Phi) is 6.41. The molecule has 1 rings (SSSR count). The standard InChI is InChI=1S/C18H29NO2/c1-6-16(7-2)19(12-13-20)17(21)14-8-10-15(11-9-14)18(3,4)5/h8-11,16,20H,6-7,12-13H2,1-5H3. The summed E-state index contributed by atoms with van der Waals surface area (Å²) in [5.41, 5.74) is 2.00. The predicted octanol–water partition coefficient (Wildman–Crippen LogP) is 3.61. The molecule has 1 N–H and O–H groups in total. The van der Waals surface area contributed by atoms with E-state index in [4.69, 9.17) is 0 Å². The Balaban J connectivity index is 2.98. The summed E-state index contributed by atoms with van der Waals surface area (Å²) >= 11 is 0. The molecule has 3 heteroatoms. The van der Waals surface area contributed by atoms with E-state index in [1.165, 1.54) is 5.56 Å². The lowest BCUT2D eigenvalue weighted by atomic mass is 9.86. The van der Waals surface area contributed by atoms with Crippen molar-refractivity contribution in [3.63, 3.8) is 0 Å². The van der Waals surface area contributed by atoms with Crippen molar-refractivity contribution in [3.05, 3.63) is 35.4 Å². The lowest BCUT2D eigenvalue weighted by Crippen LogP contribution is -2.41. The number of rotatable bonds is 6. The lowest BCUT2D eigenvalue weighted by molar-refractivity contribution is 0.0622. The van der Waals surface area contributed by atoms with Gasteiger partial charge in [0.25, 0.3) is 5.91 Å². The zero-order valence-electron chi connectivity index (χ0n) is 14.0. The maximum absolute atomic E-state index is 12.7. The van der Waals surface area contributed by atoms with Gasteiger partial charge in [0.05, 0.1) is 6.61 Å². The summed E-state index contributed by atoms with van der Waals surface area (Å²) in [6.07, 6.45) is 1.81. The van der Waals surface area contributed by atoms with E-state index in [-0.39, 0.29) is 24.0 Å². The fraction of sp³-hybridized carbons (Fsp3) is 0.611. The quantitative estimate of drug-likeness (QED) is 0.870. The molecule has 0 bridgehead atoms. The van der Waals surface area contributed by atoms with Crippen molar-refractivity contribution >= 4 is 5.91 Å². The van der Waals surface area contributed by atoms with Crippen molar-refractivity contribution in [3.8, 4) is 0 Å². The van der Waals surface area contributed by atoms with Crippen molar-refractivity contribution in [1.29, 1.82) is 0 Å². The SMILES string of the molecule is CCC(CC)N(CCO)C(=O)c1ccc(C(C)(C)C)cc1. The van der Waals surface area contributed by atoms with Crippen LogP contribution in [-0.4, -0.2) is 35.1 Å². The summed E-state index contributed by atoms with van der Waals surface area (Å²) in [5.74, 6) is 0.0122. The van der Waals surface area contributed by atoms with Gasteiger partial charge in [0.1, 0.15) is 0 Å². The zero-order valence-corrected chi connectivity index (χ0v) is 14.0. The number of aliphatic hydroxyl groups is 1. The second-order valence-corrected chi connectivity index (χ2v) is 6.52. The van der Waals surface area contributed by atoms with Crippen molar-refractivity contribution in [2.24, 2.45) is 0 Å². The maximum atomic E-state index is 12.7. The molecule has 0 aliphatic heterocycles. The largest absolute Gasteiger partial charge is 0.395 e. The van der Waals surface area contributed by atoms with Crippen LogP contribution in [-0.2, 0) is 5.41 Å². The van der Waals surface area contributed by atoms with Crippen LogP contribution in [0.15, 0.2) is 24.3 Å². The Labute approximate surface area is 129 Å².